The SMILES string of the molecule is CC[C@H](C)N(Cc1ccncc1)C(=O)CCc1nc(-c2cccc(C)c2)no1. The maximum Gasteiger partial charge on any atom is 0.227 e. The van der Waals surface area contributed by atoms with Crippen molar-refractivity contribution in [1.82, 2.24) is 20.0 Å². The van der Waals surface area contributed by atoms with E-state index in [9.17, 15) is 4.79 Å². The Hall–Kier alpha value is -3.02. The maximum atomic E-state index is 12.9. The molecule has 28 heavy (non-hydrogen) atoms. The molecule has 1 aromatic carbocycles. The number of hydrogen-bond acceptors (Lipinski definition) is 5. The molecule has 2 aromatic heterocycles. The van der Waals surface area contributed by atoms with Gasteiger partial charge in [0.1, 0.15) is 0 Å². The molecule has 0 spiro atoms. The Balaban J connectivity index is 1.64. The molecule has 1 atom stereocenters. The number of aryl methyl sites for hydroxylation is 2. The first-order valence-corrected chi connectivity index (χ1v) is 9.64. The van der Waals surface area contributed by atoms with Gasteiger partial charge in [-0.1, -0.05) is 35.8 Å². The Kier molecular flexibility index (Phi) is 6.53. The van der Waals surface area contributed by atoms with Crippen LogP contribution in [0.15, 0.2) is 53.3 Å². The smallest absolute Gasteiger partial charge is 0.227 e. The summed E-state index contributed by atoms with van der Waals surface area (Å²) < 4.78 is 5.35. The molecular formula is C22H26N4O2. The minimum atomic E-state index is 0.0847. The Bertz CT molecular complexity index is 908. The molecule has 0 aliphatic carbocycles. The van der Waals surface area contributed by atoms with Crippen molar-refractivity contribution in [2.75, 3.05) is 0 Å². The van der Waals surface area contributed by atoms with Gasteiger partial charge in [-0.3, -0.25) is 9.78 Å². The summed E-state index contributed by atoms with van der Waals surface area (Å²) in [5.74, 6) is 1.13. The molecule has 2 heterocycles. The average molecular weight is 378 g/mol. The molecule has 0 radical (unpaired) electrons. The summed E-state index contributed by atoms with van der Waals surface area (Å²) in [6.45, 7) is 6.76. The Labute approximate surface area is 165 Å². The molecule has 0 N–H and O–H groups in total. The van der Waals surface area contributed by atoms with Crippen LogP contribution in [0.3, 0.4) is 0 Å². The first kappa shape index (κ1) is 19.7. The number of carbonyl (C=O) groups excluding carboxylic acids is 1. The predicted molar refractivity (Wildman–Crippen MR) is 107 cm³/mol. The third-order valence-corrected chi connectivity index (χ3v) is 4.84. The number of pyridine rings is 1. The molecule has 0 saturated carbocycles. The largest absolute Gasteiger partial charge is 0.339 e. The quantitative estimate of drug-likeness (QED) is 0.587. The number of benzene rings is 1. The van der Waals surface area contributed by atoms with Crippen molar-refractivity contribution < 1.29 is 9.32 Å². The third-order valence-electron chi connectivity index (χ3n) is 4.84. The zero-order valence-electron chi connectivity index (χ0n) is 16.6. The first-order chi connectivity index (χ1) is 13.6. The summed E-state index contributed by atoms with van der Waals surface area (Å²) in [7, 11) is 0. The van der Waals surface area contributed by atoms with Gasteiger partial charge in [0, 0.05) is 43.4 Å². The molecule has 3 rings (SSSR count). The van der Waals surface area contributed by atoms with Crippen LogP contribution in [-0.4, -0.2) is 32.0 Å². The van der Waals surface area contributed by atoms with Crippen molar-refractivity contribution in [2.24, 2.45) is 0 Å². The second kappa shape index (κ2) is 9.26. The standard InChI is InChI=1S/C22H26N4O2/c1-4-17(3)26(15-18-10-12-23-13-11-18)21(27)9-8-20-24-22(25-28-20)19-7-5-6-16(2)14-19/h5-7,10-14,17H,4,8-9,15H2,1-3H3/t17-/m0/s1. The number of amides is 1. The Morgan fingerprint density at radius 1 is 1.21 bits per heavy atom. The van der Waals surface area contributed by atoms with Crippen LogP contribution in [0.5, 0.6) is 0 Å². The van der Waals surface area contributed by atoms with Gasteiger partial charge in [0.05, 0.1) is 0 Å². The highest BCUT2D eigenvalue weighted by atomic mass is 16.5. The van der Waals surface area contributed by atoms with E-state index in [2.05, 4.69) is 29.0 Å². The molecule has 0 saturated heterocycles. The van der Waals surface area contributed by atoms with Crippen molar-refractivity contribution >= 4 is 5.91 Å². The van der Waals surface area contributed by atoms with E-state index in [-0.39, 0.29) is 11.9 Å². The molecular weight excluding hydrogens is 352 g/mol. The molecule has 0 aliphatic heterocycles. The molecule has 0 fully saturated rings. The lowest BCUT2D eigenvalue weighted by molar-refractivity contribution is -0.134. The fourth-order valence-corrected chi connectivity index (χ4v) is 3.01. The van der Waals surface area contributed by atoms with Crippen molar-refractivity contribution in [1.29, 1.82) is 0 Å². The van der Waals surface area contributed by atoms with Gasteiger partial charge in [0.15, 0.2) is 0 Å². The average Bonchev–Trinajstić information content (AvgIpc) is 3.19. The number of rotatable bonds is 8. The van der Waals surface area contributed by atoms with Crippen LogP contribution in [0.25, 0.3) is 11.4 Å². The minimum absolute atomic E-state index is 0.0847. The molecule has 0 unspecified atom stereocenters. The Morgan fingerprint density at radius 2 is 2.00 bits per heavy atom. The molecule has 3 aromatic rings. The van der Waals surface area contributed by atoms with E-state index >= 15 is 0 Å². The number of nitrogens with zero attached hydrogens (tertiary/aromatic N) is 4. The maximum absolute atomic E-state index is 12.9. The highest BCUT2D eigenvalue weighted by molar-refractivity contribution is 5.76. The summed E-state index contributed by atoms with van der Waals surface area (Å²) in [5.41, 5.74) is 3.13. The van der Waals surface area contributed by atoms with Crippen LogP contribution in [0.2, 0.25) is 0 Å². The van der Waals surface area contributed by atoms with Crippen LogP contribution in [0, 0.1) is 6.92 Å². The molecule has 1 amide bonds. The Morgan fingerprint density at radius 3 is 2.71 bits per heavy atom. The lowest BCUT2D eigenvalue weighted by Crippen LogP contribution is -2.37. The lowest BCUT2D eigenvalue weighted by atomic mass is 10.1. The zero-order chi connectivity index (χ0) is 19.9. The van der Waals surface area contributed by atoms with Gasteiger partial charge in [-0.15, -0.1) is 0 Å². The summed E-state index contributed by atoms with van der Waals surface area (Å²) in [5, 5.41) is 4.05. The molecule has 0 bridgehead atoms. The van der Waals surface area contributed by atoms with Crippen LogP contribution in [0.4, 0.5) is 0 Å². The van der Waals surface area contributed by atoms with E-state index in [1.165, 1.54) is 0 Å². The number of hydrogen-bond donors (Lipinski definition) is 0. The topological polar surface area (TPSA) is 72.1 Å². The molecule has 6 nitrogen and oxygen atoms in total. The van der Waals surface area contributed by atoms with Crippen LogP contribution >= 0.6 is 0 Å². The number of aromatic nitrogens is 3. The van der Waals surface area contributed by atoms with E-state index in [4.69, 9.17) is 4.52 Å². The van der Waals surface area contributed by atoms with E-state index in [0.717, 1.165) is 23.1 Å². The van der Waals surface area contributed by atoms with Crippen molar-refractivity contribution in [3.63, 3.8) is 0 Å². The second-order valence-electron chi connectivity index (χ2n) is 7.02. The third kappa shape index (κ3) is 5.03. The highest BCUT2D eigenvalue weighted by Crippen LogP contribution is 2.18. The summed E-state index contributed by atoms with van der Waals surface area (Å²) in [4.78, 5) is 23.3. The van der Waals surface area contributed by atoms with E-state index in [1.54, 1.807) is 12.4 Å². The summed E-state index contributed by atoms with van der Waals surface area (Å²) >= 11 is 0. The van der Waals surface area contributed by atoms with E-state index in [1.807, 2.05) is 48.2 Å². The summed E-state index contributed by atoms with van der Waals surface area (Å²) in [6, 6.07) is 12.0. The highest BCUT2D eigenvalue weighted by Gasteiger charge is 2.20. The van der Waals surface area contributed by atoms with Gasteiger partial charge in [-0.05, 0) is 44.0 Å². The first-order valence-electron chi connectivity index (χ1n) is 9.64. The molecule has 146 valence electrons. The predicted octanol–water partition coefficient (Wildman–Crippen LogP) is 4.20. The van der Waals surface area contributed by atoms with Crippen molar-refractivity contribution in [3.8, 4) is 11.4 Å². The monoisotopic (exact) mass is 378 g/mol. The van der Waals surface area contributed by atoms with Gasteiger partial charge < -0.3 is 9.42 Å². The number of carbonyl (C=O) groups is 1. The lowest BCUT2D eigenvalue weighted by Gasteiger charge is -2.28. The van der Waals surface area contributed by atoms with Crippen LogP contribution < -0.4 is 0 Å². The normalized spacial score (nSPS) is 12.0. The zero-order valence-corrected chi connectivity index (χ0v) is 16.6. The minimum Gasteiger partial charge on any atom is -0.339 e. The fraction of sp³-hybridized carbons (Fsp3) is 0.364. The van der Waals surface area contributed by atoms with Gasteiger partial charge in [-0.25, -0.2) is 0 Å². The van der Waals surface area contributed by atoms with Gasteiger partial charge in [0.25, 0.3) is 0 Å². The van der Waals surface area contributed by atoms with Gasteiger partial charge >= 0.3 is 0 Å². The summed E-state index contributed by atoms with van der Waals surface area (Å²) in [6.07, 6.45) is 5.17. The van der Waals surface area contributed by atoms with E-state index in [0.29, 0.717) is 31.1 Å². The van der Waals surface area contributed by atoms with Crippen LogP contribution in [0.1, 0.15) is 43.7 Å². The molecule has 0 aliphatic rings. The fourth-order valence-electron chi connectivity index (χ4n) is 3.01. The van der Waals surface area contributed by atoms with Crippen LogP contribution in [-0.2, 0) is 17.8 Å². The van der Waals surface area contributed by atoms with Crippen molar-refractivity contribution in [2.45, 2.75) is 52.6 Å². The molecule has 6 heteroatoms. The van der Waals surface area contributed by atoms with E-state index < -0.39 is 0 Å². The second-order valence-corrected chi connectivity index (χ2v) is 7.02. The van der Waals surface area contributed by atoms with Gasteiger partial charge in [0.2, 0.25) is 17.6 Å². The van der Waals surface area contributed by atoms with Gasteiger partial charge in [-0.2, -0.15) is 4.98 Å². The van der Waals surface area contributed by atoms with Crippen molar-refractivity contribution in [3.05, 3.63) is 65.8 Å².